The number of methoxy groups -OCH3 is 1. The maximum Gasteiger partial charge on any atom is 0.254 e. The predicted molar refractivity (Wildman–Crippen MR) is 146 cm³/mol. The fraction of sp³-hybridized carbons (Fsp3) is 0.154. The lowest BCUT2D eigenvalue weighted by atomic mass is 9.87. The quantitative estimate of drug-likeness (QED) is 0.256. The number of ether oxygens (including phenoxy) is 1. The molecule has 1 unspecified atom stereocenters. The molecule has 1 amide bonds. The molecule has 0 fully saturated rings. The number of amides is 1. The van der Waals surface area contributed by atoms with Gasteiger partial charge in [0.05, 0.1) is 29.5 Å². The lowest BCUT2D eigenvalue weighted by molar-refractivity contribution is -0.113. The number of carbonyl (C=O) groups excluding carboxylic acids is 1. The Bertz CT molecular complexity index is 1210. The van der Waals surface area contributed by atoms with Crippen LogP contribution in [0.3, 0.4) is 0 Å². The molecule has 1 aliphatic rings. The van der Waals surface area contributed by atoms with Gasteiger partial charge < -0.3 is 15.4 Å². The van der Waals surface area contributed by atoms with E-state index in [1.165, 1.54) is 0 Å². The van der Waals surface area contributed by atoms with Gasteiger partial charge in [-0.1, -0.05) is 54.6 Å². The number of halogens is 1. The van der Waals surface area contributed by atoms with Crippen LogP contribution in [0.1, 0.15) is 12.5 Å². The summed E-state index contributed by atoms with van der Waals surface area (Å²) in [5, 5.41) is 17.1. The minimum absolute atomic E-state index is 0.307. The molecule has 1 atom stereocenters. The van der Waals surface area contributed by atoms with Crippen LogP contribution in [0.2, 0.25) is 0 Å². The van der Waals surface area contributed by atoms with Gasteiger partial charge in [0.15, 0.2) is 0 Å². The van der Waals surface area contributed by atoms with Crippen molar-refractivity contribution in [1.29, 1.82) is 5.26 Å². The predicted octanol–water partition coefficient (Wildman–Crippen LogP) is 6.52. The summed E-state index contributed by atoms with van der Waals surface area (Å²) in [6, 6.07) is 19.6. The molecule has 1 aliphatic heterocycles. The van der Waals surface area contributed by atoms with Crippen LogP contribution >= 0.6 is 40.3 Å². The van der Waals surface area contributed by atoms with Gasteiger partial charge in [0.1, 0.15) is 5.75 Å². The van der Waals surface area contributed by atoms with Crippen LogP contribution in [0.15, 0.2) is 98.5 Å². The first-order valence-corrected chi connectivity index (χ1v) is 12.6. The molecule has 0 aliphatic carbocycles. The Balaban J connectivity index is 1.96. The van der Waals surface area contributed by atoms with E-state index in [0.29, 0.717) is 37.8 Å². The third-order valence-electron chi connectivity index (χ3n) is 5.06. The molecule has 0 bridgehead atoms. The number of nitriles is 1. The van der Waals surface area contributed by atoms with Gasteiger partial charge in [0.2, 0.25) is 0 Å². The molecule has 2 aromatic rings. The summed E-state index contributed by atoms with van der Waals surface area (Å²) in [5.41, 5.74) is 3.34. The van der Waals surface area contributed by atoms with E-state index in [-0.39, 0.29) is 5.91 Å². The molecule has 0 saturated carbocycles. The number of thiol groups is 1. The van der Waals surface area contributed by atoms with Crippen LogP contribution in [-0.2, 0) is 10.5 Å². The minimum atomic E-state index is -0.532. The summed E-state index contributed by atoms with van der Waals surface area (Å²) in [5.74, 6) is 0.416. The summed E-state index contributed by atoms with van der Waals surface area (Å²) in [7, 11) is 1.55. The molecule has 34 heavy (non-hydrogen) atoms. The van der Waals surface area contributed by atoms with Crippen molar-refractivity contribution in [2.45, 2.75) is 12.7 Å². The standard InChI is InChI=1S/C26H24BrN3O2S2/c1-17-24(25(31)30-21-12-6-7-13-22(21)32-2)19(11-8-14-23(27)33)20(15-28)26(29-17)34-16-18-9-4-3-5-10-18/h3-14,19,29,33H,16H2,1-2H3,(H,30,31)/b11-8+,23-14-. The molecule has 0 radical (unpaired) electrons. The van der Waals surface area contributed by atoms with E-state index in [1.54, 1.807) is 43.2 Å². The highest BCUT2D eigenvalue weighted by Crippen LogP contribution is 2.37. The van der Waals surface area contributed by atoms with Gasteiger partial charge in [-0.2, -0.15) is 5.26 Å². The molecule has 8 heteroatoms. The number of rotatable bonds is 8. The second-order valence-corrected chi connectivity index (χ2v) is 10.2. The lowest BCUT2D eigenvalue weighted by Crippen LogP contribution is -2.31. The second-order valence-electron chi connectivity index (χ2n) is 7.30. The second kappa shape index (κ2) is 12.6. The average molecular weight is 555 g/mol. The molecule has 0 aromatic heterocycles. The third-order valence-corrected chi connectivity index (χ3v) is 6.56. The number of hydrogen-bond donors (Lipinski definition) is 3. The van der Waals surface area contributed by atoms with E-state index >= 15 is 0 Å². The van der Waals surface area contributed by atoms with E-state index in [1.807, 2.05) is 55.5 Å². The fourth-order valence-electron chi connectivity index (χ4n) is 3.48. The van der Waals surface area contributed by atoms with Crippen molar-refractivity contribution in [3.05, 3.63) is 104 Å². The molecule has 2 aromatic carbocycles. The van der Waals surface area contributed by atoms with Gasteiger partial charge in [0.25, 0.3) is 5.91 Å². The molecule has 0 spiro atoms. The van der Waals surface area contributed by atoms with Gasteiger partial charge in [-0.3, -0.25) is 4.79 Å². The molecule has 1 heterocycles. The van der Waals surface area contributed by atoms with Crippen LogP contribution in [0, 0.1) is 17.2 Å². The zero-order valence-electron chi connectivity index (χ0n) is 18.7. The normalized spacial score (nSPS) is 16.3. The molecule has 0 saturated heterocycles. The highest BCUT2D eigenvalue weighted by molar-refractivity contribution is 9.13. The van der Waals surface area contributed by atoms with Gasteiger partial charge in [-0.25, -0.2) is 0 Å². The van der Waals surface area contributed by atoms with Crippen molar-refractivity contribution in [1.82, 2.24) is 5.32 Å². The zero-order valence-corrected chi connectivity index (χ0v) is 22.0. The van der Waals surface area contributed by atoms with Crippen LogP contribution < -0.4 is 15.4 Å². The lowest BCUT2D eigenvalue weighted by Gasteiger charge is -2.28. The number of nitrogens with zero attached hydrogens (tertiary/aromatic N) is 1. The Hall–Kier alpha value is -2.86. The number of anilines is 1. The molecular formula is C26H24BrN3O2S2. The Morgan fingerprint density at radius 3 is 2.65 bits per heavy atom. The topological polar surface area (TPSA) is 74.2 Å². The number of allylic oxidation sites excluding steroid dienone is 5. The Labute approximate surface area is 218 Å². The van der Waals surface area contributed by atoms with Crippen molar-refractivity contribution in [2.24, 2.45) is 5.92 Å². The highest BCUT2D eigenvalue weighted by atomic mass is 79.9. The SMILES string of the molecule is COc1ccccc1NC(=O)C1=C(C)NC(SCc2ccccc2)=C(C#N)C1/C=C/C=C(\S)Br. The van der Waals surface area contributed by atoms with Crippen LogP contribution in [-0.4, -0.2) is 13.0 Å². The molecule has 2 N–H and O–H groups in total. The van der Waals surface area contributed by atoms with Crippen molar-refractivity contribution in [2.75, 3.05) is 12.4 Å². The number of dihydropyridines is 1. The van der Waals surface area contributed by atoms with Gasteiger partial charge in [-0.15, -0.1) is 24.4 Å². The Morgan fingerprint density at radius 2 is 1.97 bits per heavy atom. The van der Waals surface area contributed by atoms with Crippen LogP contribution in [0.4, 0.5) is 5.69 Å². The van der Waals surface area contributed by atoms with Crippen molar-refractivity contribution < 1.29 is 9.53 Å². The van der Waals surface area contributed by atoms with Gasteiger partial charge in [0, 0.05) is 26.8 Å². The summed E-state index contributed by atoms with van der Waals surface area (Å²) in [4.78, 5) is 13.4. The molecule has 3 rings (SSSR count). The van der Waals surface area contributed by atoms with E-state index in [4.69, 9.17) is 4.74 Å². The van der Waals surface area contributed by atoms with Gasteiger partial charge >= 0.3 is 0 Å². The smallest absolute Gasteiger partial charge is 0.254 e. The maximum absolute atomic E-state index is 13.4. The van der Waals surface area contributed by atoms with Crippen molar-refractivity contribution >= 4 is 51.9 Å². The summed E-state index contributed by atoms with van der Waals surface area (Å²) < 4.78 is 6.00. The summed E-state index contributed by atoms with van der Waals surface area (Å²) in [6.45, 7) is 1.85. The number of nitrogens with one attached hydrogen (secondary N) is 2. The van der Waals surface area contributed by atoms with E-state index in [2.05, 4.69) is 45.3 Å². The van der Waals surface area contributed by atoms with E-state index in [0.717, 1.165) is 10.6 Å². The Morgan fingerprint density at radius 1 is 1.26 bits per heavy atom. The zero-order chi connectivity index (χ0) is 24.5. The summed E-state index contributed by atoms with van der Waals surface area (Å²) in [6.07, 6.45) is 5.37. The van der Waals surface area contributed by atoms with E-state index in [9.17, 15) is 10.1 Å². The van der Waals surface area contributed by atoms with Crippen molar-refractivity contribution in [3.63, 3.8) is 0 Å². The molecule has 5 nitrogen and oxygen atoms in total. The minimum Gasteiger partial charge on any atom is -0.495 e. The number of carbonyl (C=O) groups is 1. The maximum atomic E-state index is 13.4. The third kappa shape index (κ3) is 6.60. The number of hydrogen-bond acceptors (Lipinski definition) is 6. The fourth-order valence-corrected chi connectivity index (χ4v) is 4.77. The Kier molecular flexibility index (Phi) is 9.52. The van der Waals surface area contributed by atoms with Gasteiger partial charge in [-0.05, 0) is 46.6 Å². The largest absolute Gasteiger partial charge is 0.495 e. The van der Waals surface area contributed by atoms with E-state index < -0.39 is 5.92 Å². The molecular weight excluding hydrogens is 530 g/mol. The highest BCUT2D eigenvalue weighted by Gasteiger charge is 2.32. The van der Waals surface area contributed by atoms with Crippen LogP contribution in [0.25, 0.3) is 0 Å². The first kappa shape index (κ1) is 25.8. The average Bonchev–Trinajstić information content (AvgIpc) is 2.83. The monoisotopic (exact) mass is 553 g/mol. The molecule has 174 valence electrons. The first-order valence-electron chi connectivity index (χ1n) is 10.4. The van der Waals surface area contributed by atoms with Crippen molar-refractivity contribution in [3.8, 4) is 11.8 Å². The number of para-hydroxylation sites is 2. The summed E-state index contributed by atoms with van der Waals surface area (Å²) >= 11 is 9.06. The van der Waals surface area contributed by atoms with Crippen LogP contribution in [0.5, 0.6) is 5.75 Å². The first-order chi connectivity index (χ1) is 16.4. The number of benzene rings is 2. The number of thioether (sulfide) groups is 1.